The summed E-state index contributed by atoms with van der Waals surface area (Å²) in [6.45, 7) is 3.84. The van der Waals surface area contributed by atoms with Crippen LogP contribution in [0.2, 0.25) is 0 Å². The van der Waals surface area contributed by atoms with Crippen LogP contribution in [-0.2, 0) is 17.9 Å². The van der Waals surface area contributed by atoms with Crippen molar-refractivity contribution in [1.82, 2.24) is 30.4 Å². The van der Waals surface area contributed by atoms with Crippen LogP contribution < -0.4 is 16.0 Å². The Morgan fingerprint density at radius 2 is 1.90 bits per heavy atom. The quantitative estimate of drug-likeness (QED) is 0.472. The van der Waals surface area contributed by atoms with E-state index in [0.29, 0.717) is 24.6 Å². The molecule has 3 aliphatic rings. The van der Waals surface area contributed by atoms with Gasteiger partial charge in [-0.3, -0.25) is 14.5 Å². The van der Waals surface area contributed by atoms with Crippen molar-refractivity contribution in [2.75, 3.05) is 32.0 Å². The smallest absolute Gasteiger partial charge is 0.251 e. The molecule has 6 bridgehead atoms. The molecular weight excluding hydrogens is 490 g/mol. The molecule has 0 saturated carbocycles. The fourth-order valence-corrected chi connectivity index (χ4v) is 5.81. The van der Waals surface area contributed by atoms with Gasteiger partial charge in [0.15, 0.2) is 0 Å². The molecule has 1 atom stereocenters. The number of piperidine rings is 1. The predicted octanol–water partition coefficient (Wildman–Crippen LogP) is 3.31. The van der Waals surface area contributed by atoms with E-state index in [0.717, 1.165) is 73.4 Å². The summed E-state index contributed by atoms with van der Waals surface area (Å²) < 4.78 is 0. The standard InChI is InChI=1S/C30H35N7O2/c1-36-12-8-24(9-13-36)33-28(38)23-15-21-16-25(17-23)34-30-31-10-7-26(35-30)22-5-2-4-20(14-22)18-32-29(39)27-6-3-11-37(27)19-21/h2,4-5,7,10,14-17,24,27H,3,6,8-9,11-13,18-19H2,1H3,(H,32,39)(H,33,38)(H,31,34,35)/t27-/m0/s1. The molecule has 3 aromatic rings. The van der Waals surface area contributed by atoms with Crippen LogP contribution in [0.5, 0.6) is 0 Å². The van der Waals surface area contributed by atoms with Crippen LogP contribution in [-0.4, -0.2) is 70.3 Å². The minimum atomic E-state index is -0.190. The van der Waals surface area contributed by atoms with Gasteiger partial charge in [0.2, 0.25) is 11.9 Å². The van der Waals surface area contributed by atoms with Crippen LogP contribution in [0, 0.1) is 0 Å². The van der Waals surface area contributed by atoms with Gasteiger partial charge in [-0.15, -0.1) is 0 Å². The average Bonchev–Trinajstić information content (AvgIpc) is 3.41. The summed E-state index contributed by atoms with van der Waals surface area (Å²) in [7, 11) is 2.11. The zero-order chi connectivity index (χ0) is 26.8. The molecule has 3 aliphatic heterocycles. The van der Waals surface area contributed by atoms with E-state index in [4.69, 9.17) is 4.98 Å². The number of hydrogen-bond donors (Lipinski definition) is 3. The Balaban J connectivity index is 1.35. The van der Waals surface area contributed by atoms with Crippen molar-refractivity contribution in [2.24, 2.45) is 0 Å². The molecule has 9 nitrogen and oxygen atoms in total. The van der Waals surface area contributed by atoms with E-state index in [2.05, 4.69) is 43.8 Å². The molecule has 202 valence electrons. The zero-order valence-corrected chi connectivity index (χ0v) is 22.3. The first-order valence-corrected chi connectivity index (χ1v) is 13.8. The second-order valence-corrected chi connectivity index (χ2v) is 10.9. The van der Waals surface area contributed by atoms with Crippen LogP contribution in [0.1, 0.15) is 47.2 Å². The number of carbonyl (C=O) groups excluding carboxylic acids is 2. The number of nitrogens with one attached hydrogen (secondary N) is 3. The van der Waals surface area contributed by atoms with Crippen LogP contribution in [0.15, 0.2) is 54.7 Å². The first-order chi connectivity index (χ1) is 19.0. The lowest BCUT2D eigenvalue weighted by Gasteiger charge is -2.29. The molecule has 2 aromatic carbocycles. The predicted molar refractivity (Wildman–Crippen MR) is 150 cm³/mol. The Morgan fingerprint density at radius 3 is 2.77 bits per heavy atom. The van der Waals surface area contributed by atoms with Gasteiger partial charge in [-0.05, 0) is 93.8 Å². The number of rotatable bonds is 2. The average molecular weight is 526 g/mol. The molecule has 4 heterocycles. The summed E-state index contributed by atoms with van der Waals surface area (Å²) in [6.07, 6.45) is 5.41. The Morgan fingerprint density at radius 1 is 1.03 bits per heavy atom. The molecular formula is C30H35N7O2. The van der Waals surface area contributed by atoms with Crippen LogP contribution in [0.25, 0.3) is 11.3 Å². The lowest BCUT2D eigenvalue weighted by Crippen LogP contribution is -2.43. The maximum atomic E-state index is 13.4. The fraction of sp³-hybridized carbons (Fsp3) is 0.400. The van der Waals surface area contributed by atoms with Gasteiger partial charge < -0.3 is 20.9 Å². The van der Waals surface area contributed by atoms with Gasteiger partial charge in [0.25, 0.3) is 5.91 Å². The van der Waals surface area contributed by atoms with Crippen LogP contribution in [0.3, 0.4) is 0 Å². The number of amides is 2. The summed E-state index contributed by atoms with van der Waals surface area (Å²) in [5.41, 5.74) is 5.08. The van der Waals surface area contributed by atoms with E-state index in [1.165, 1.54) is 0 Å². The Bertz CT molecular complexity index is 1370. The molecule has 0 spiro atoms. The van der Waals surface area contributed by atoms with Crippen molar-refractivity contribution in [3.63, 3.8) is 0 Å². The van der Waals surface area contributed by atoms with Gasteiger partial charge in [0, 0.05) is 42.1 Å². The van der Waals surface area contributed by atoms with E-state index in [9.17, 15) is 9.59 Å². The number of aromatic nitrogens is 2. The SMILES string of the molecule is CN1CCC(NC(=O)c2cc3cc(c2)Nc2nccc(n2)-c2cccc(c2)CNC(=O)[C@@H]2CCCN2C3)CC1. The van der Waals surface area contributed by atoms with E-state index in [-0.39, 0.29) is 23.9 Å². The zero-order valence-electron chi connectivity index (χ0n) is 22.3. The van der Waals surface area contributed by atoms with E-state index in [1.54, 1.807) is 6.20 Å². The summed E-state index contributed by atoms with van der Waals surface area (Å²) >= 11 is 0. The van der Waals surface area contributed by atoms with Gasteiger partial charge in [-0.1, -0.05) is 18.2 Å². The minimum Gasteiger partial charge on any atom is -0.351 e. The third-order valence-corrected chi connectivity index (χ3v) is 7.96. The number of hydrogen-bond acceptors (Lipinski definition) is 7. The molecule has 9 heteroatoms. The van der Waals surface area contributed by atoms with Crippen molar-refractivity contribution in [1.29, 1.82) is 0 Å². The Kier molecular flexibility index (Phi) is 7.26. The maximum absolute atomic E-state index is 13.4. The highest BCUT2D eigenvalue weighted by molar-refractivity contribution is 5.95. The van der Waals surface area contributed by atoms with Gasteiger partial charge in [-0.2, -0.15) is 0 Å². The number of fused-ring (bicyclic) bond motifs is 8. The second-order valence-electron chi connectivity index (χ2n) is 10.9. The summed E-state index contributed by atoms with van der Waals surface area (Å²) in [4.78, 5) is 40.3. The number of anilines is 2. The van der Waals surface area contributed by atoms with E-state index in [1.807, 2.05) is 42.5 Å². The van der Waals surface area contributed by atoms with Crippen molar-refractivity contribution in [3.8, 4) is 11.3 Å². The molecule has 0 radical (unpaired) electrons. The molecule has 39 heavy (non-hydrogen) atoms. The maximum Gasteiger partial charge on any atom is 0.251 e. The number of likely N-dealkylation sites (tertiary alicyclic amines) is 1. The first kappa shape index (κ1) is 25.5. The van der Waals surface area contributed by atoms with E-state index < -0.39 is 0 Å². The monoisotopic (exact) mass is 525 g/mol. The first-order valence-electron chi connectivity index (χ1n) is 13.8. The van der Waals surface area contributed by atoms with Crippen LogP contribution in [0.4, 0.5) is 11.6 Å². The minimum absolute atomic E-state index is 0.0452. The molecule has 6 rings (SSSR count). The van der Waals surface area contributed by atoms with Gasteiger partial charge >= 0.3 is 0 Å². The molecule has 1 aromatic heterocycles. The van der Waals surface area contributed by atoms with Crippen LogP contribution >= 0.6 is 0 Å². The highest BCUT2D eigenvalue weighted by Gasteiger charge is 2.31. The van der Waals surface area contributed by atoms with Gasteiger partial charge in [0.05, 0.1) is 11.7 Å². The third kappa shape index (κ3) is 5.94. The fourth-order valence-electron chi connectivity index (χ4n) is 5.81. The van der Waals surface area contributed by atoms with Crippen molar-refractivity contribution < 1.29 is 9.59 Å². The number of carbonyl (C=O) groups is 2. The summed E-state index contributed by atoms with van der Waals surface area (Å²) in [5, 5.41) is 9.72. The van der Waals surface area contributed by atoms with Gasteiger partial charge in [-0.25, -0.2) is 9.97 Å². The lowest BCUT2D eigenvalue weighted by atomic mass is 10.0. The molecule has 2 amide bonds. The summed E-state index contributed by atoms with van der Waals surface area (Å²) in [6, 6.07) is 15.8. The van der Waals surface area contributed by atoms with Crippen molar-refractivity contribution >= 4 is 23.5 Å². The number of benzene rings is 2. The molecule has 2 saturated heterocycles. The largest absolute Gasteiger partial charge is 0.351 e. The molecule has 0 aliphatic carbocycles. The second kappa shape index (κ2) is 11.1. The Hall–Kier alpha value is -3.82. The van der Waals surface area contributed by atoms with Gasteiger partial charge in [0.1, 0.15) is 0 Å². The normalized spacial score (nSPS) is 20.5. The van der Waals surface area contributed by atoms with Crippen molar-refractivity contribution in [2.45, 2.75) is 50.9 Å². The highest BCUT2D eigenvalue weighted by Crippen LogP contribution is 2.26. The van der Waals surface area contributed by atoms with Crippen molar-refractivity contribution in [3.05, 3.63) is 71.4 Å². The Labute approximate surface area is 229 Å². The topological polar surface area (TPSA) is 102 Å². The van der Waals surface area contributed by atoms with E-state index >= 15 is 0 Å². The number of nitrogens with zero attached hydrogens (tertiary/aromatic N) is 4. The molecule has 3 N–H and O–H groups in total. The highest BCUT2D eigenvalue weighted by atomic mass is 16.2. The molecule has 0 unspecified atom stereocenters. The summed E-state index contributed by atoms with van der Waals surface area (Å²) in [5.74, 6) is 0.436. The lowest BCUT2D eigenvalue weighted by molar-refractivity contribution is -0.125. The third-order valence-electron chi connectivity index (χ3n) is 7.96. The molecule has 2 fully saturated rings.